The lowest BCUT2D eigenvalue weighted by Gasteiger charge is -2.45. The van der Waals surface area contributed by atoms with Crippen molar-refractivity contribution in [1.29, 1.82) is 0 Å². The van der Waals surface area contributed by atoms with Gasteiger partial charge in [0, 0.05) is 7.11 Å². The number of halogens is 6. The molecule has 1 heterocycles. The van der Waals surface area contributed by atoms with Crippen molar-refractivity contribution in [3.8, 4) is 0 Å². The third kappa shape index (κ3) is 9.24. The normalized spacial score (nSPS) is 25.4. The summed E-state index contributed by atoms with van der Waals surface area (Å²) in [7, 11) is -5.30. The lowest BCUT2D eigenvalue weighted by molar-refractivity contribution is -0.266. The van der Waals surface area contributed by atoms with E-state index in [0.717, 1.165) is 7.11 Å². The second kappa shape index (κ2) is 12.2. The van der Waals surface area contributed by atoms with Gasteiger partial charge in [-0.3, -0.25) is 18.6 Å². The van der Waals surface area contributed by atoms with E-state index < -0.39 is 85.3 Å². The first-order valence-electron chi connectivity index (χ1n) is 10.8. The number of hydrogen-bond donors (Lipinski definition) is 1. The maximum Gasteiger partial charge on any atom is 0.523 e. The van der Waals surface area contributed by atoms with Gasteiger partial charge in [-0.05, 0) is 41.5 Å². The molecule has 1 saturated heterocycles. The fourth-order valence-electron chi connectivity index (χ4n) is 2.76. The molecule has 38 heavy (non-hydrogen) atoms. The summed E-state index contributed by atoms with van der Waals surface area (Å²) < 4.78 is 86.7. The Morgan fingerprint density at radius 1 is 0.921 bits per heavy atom. The minimum atomic E-state index is -6.35. The number of ether oxygens (including phenoxy) is 4. The molecule has 0 aromatic carbocycles. The number of alkyl halides is 6. The van der Waals surface area contributed by atoms with Gasteiger partial charge in [0.1, 0.15) is 24.9 Å². The van der Waals surface area contributed by atoms with E-state index in [4.69, 9.17) is 53.8 Å². The largest absolute Gasteiger partial charge is 0.523 e. The molecular formula is C20H29Cl3F3NO10S. The molecule has 0 saturated carbocycles. The van der Waals surface area contributed by atoms with Gasteiger partial charge in [-0.2, -0.15) is 21.6 Å². The summed E-state index contributed by atoms with van der Waals surface area (Å²) in [6, 6.07) is -1.77. The molecule has 1 amide bonds. The Morgan fingerprint density at radius 3 is 1.82 bits per heavy atom. The molecule has 5 atom stereocenters. The van der Waals surface area contributed by atoms with E-state index in [9.17, 15) is 36.0 Å². The van der Waals surface area contributed by atoms with Crippen LogP contribution < -0.4 is 5.32 Å². The van der Waals surface area contributed by atoms with Crippen molar-refractivity contribution < 1.29 is 59.1 Å². The third-order valence-electron chi connectivity index (χ3n) is 4.80. The number of esters is 2. The predicted octanol–water partition coefficient (Wildman–Crippen LogP) is 2.99. The van der Waals surface area contributed by atoms with Crippen LogP contribution in [0.1, 0.15) is 41.5 Å². The molecule has 0 aromatic rings. The van der Waals surface area contributed by atoms with Crippen LogP contribution in [-0.4, -0.2) is 79.9 Å². The zero-order chi connectivity index (χ0) is 30.1. The van der Waals surface area contributed by atoms with Crippen molar-refractivity contribution in [3.05, 3.63) is 0 Å². The molecule has 1 rings (SSSR count). The van der Waals surface area contributed by atoms with Crippen molar-refractivity contribution in [2.75, 3.05) is 13.7 Å². The standard InChI is InChI=1S/C20H29Cl3F3NO10S/c1-17(2,3)15(29)34-8-9-11(37-38(31,32)20(24,25)26)12(36-16(30)18(4,5)6)10(13(33-7)35-9)27-14(28)19(21,22)23/h9-13H,8H2,1-7H3,(H,27,28)/t9-,10-,11+,12-,13-/m1/s1. The van der Waals surface area contributed by atoms with Crippen LogP contribution in [0.3, 0.4) is 0 Å². The number of amides is 1. The molecule has 1 fully saturated rings. The van der Waals surface area contributed by atoms with Gasteiger partial charge in [-0.1, -0.05) is 34.8 Å². The first-order valence-corrected chi connectivity index (χ1v) is 13.3. The average Bonchev–Trinajstić information content (AvgIpc) is 2.71. The lowest BCUT2D eigenvalue weighted by atomic mass is 9.94. The van der Waals surface area contributed by atoms with Crippen LogP contribution in [0.5, 0.6) is 0 Å². The van der Waals surface area contributed by atoms with Crippen molar-refractivity contribution >= 4 is 62.8 Å². The second-order valence-electron chi connectivity index (χ2n) is 10.2. The number of methoxy groups -OCH3 is 1. The van der Waals surface area contributed by atoms with E-state index in [0.29, 0.717) is 0 Å². The summed E-state index contributed by atoms with van der Waals surface area (Å²) in [6.45, 7) is 7.75. The number of carbonyl (C=O) groups is 3. The van der Waals surface area contributed by atoms with Crippen molar-refractivity contribution in [1.82, 2.24) is 5.32 Å². The van der Waals surface area contributed by atoms with Crippen LogP contribution in [-0.2, 0) is 47.6 Å². The molecule has 1 aliphatic rings. The molecule has 0 aromatic heterocycles. The Morgan fingerprint density at radius 2 is 1.42 bits per heavy atom. The monoisotopic (exact) mass is 637 g/mol. The Balaban J connectivity index is 3.68. The van der Waals surface area contributed by atoms with Crippen LogP contribution >= 0.6 is 34.8 Å². The van der Waals surface area contributed by atoms with Gasteiger partial charge in [0.25, 0.3) is 9.70 Å². The maximum atomic E-state index is 13.3. The Kier molecular flexibility index (Phi) is 11.2. The minimum absolute atomic E-state index is 0.831. The number of carbonyl (C=O) groups excluding carboxylic acids is 3. The molecular weight excluding hydrogens is 610 g/mol. The first kappa shape index (κ1) is 34.9. The molecule has 0 spiro atoms. The van der Waals surface area contributed by atoms with Crippen molar-refractivity contribution in [2.45, 2.75) is 81.5 Å². The van der Waals surface area contributed by atoms with E-state index in [-0.39, 0.29) is 0 Å². The van der Waals surface area contributed by atoms with Crippen LogP contribution in [0.15, 0.2) is 0 Å². The van der Waals surface area contributed by atoms with Gasteiger partial charge in [0.15, 0.2) is 12.4 Å². The summed E-state index contributed by atoms with van der Waals surface area (Å²) in [6.07, 6.45) is -7.84. The first-order chi connectivity index (χ1) is 16.8. The van der Waals surface area contributed by atoms with Crippen LogP contribution in [0, 0.1) is 10.8 Å². The molecule has 1 aliphatic heterocycles. The Hall–Kier alpha value is -1.10. The highest BCUT2D eigenvalue weighted by Crippen LogP contribution is 2.35. The van der Waals surface area contributed by atoms with Gasteiger partial charge in [0.2, 0.25) is 0 Å². The van der Waals surface area contributed by atoms with Crippen molar-refractivity contribution in [3.63, 3.8) is 0 Å². The molecule has 0 aliphatic carbocycles. The number of rotatable bonds is 7. The summed E-state index contributed by atoms with van der Waals surface area (Å²) in [5.41, 5.74) is -8.25. The molecule has 0 unspecified atom stereocenters. The lowest BCUT2D eigenvalue weighted by Crippen LogP contribution is -2.68. The quantitative estimate of drug-likeness (QED) is 0.191. The van der Waals surface area contributed by atoms with Crippen LogP contribution in [0.25, 0.3) is 0 Å². The molecule has 18 heteroatoms. The smallest absolute Gasteiger partial charge is 0.462 e. The highest BCUT2D eigenvalue weighted by molar-refractivity contribution is 7.87. The van der Waals surface area contributed by atoms with Crippen molar-refractivity contribution in [2.24, 2.45) is 10.8 Å². The summed E-state index contributed by atoms with van der Waals surface area (Å²) in [5.74, 6) is -3.22. The predicted molar refractivity (Wildman–Crippen MR) is 127 cm³/mol. The van der Waals surface area contributed by atoms with Gasteiger partial charge in [0.05, 0.1) is 10.8 Å². The molecule has 0 bridgehead atoms. The van der Waals surface area contributed by atoms with E-state index in [1.807, 2.05) is 0 Å². The van der Waals surface area contributed by atoms with E-state index >= 15 is 0 Å². The zero-order valence-electron chi connectivity index (χ0n) is 21.4. The Bertz CT molecular complexity index is 990. The van der Waals surface area contributed by atoms with E-state index in [1.165, 1.54) is 41.5 Å². The highest BCUT2D eigenvalue weighted by atomic mass is 35.6. The van der Waals surface area contributed by atoms with Gasteiger partial charge >= 0.3 is 27.6 Å². The maximum absolute atomic E-state index is 13.3. The summed E-state index contributed by atoms with van der Waals surface area (Å²) in [4.78, 5) is 37.5. The molecule has 0 radical (unpaired) electrons. The fraction of sp³-hybridized carbons (Fsp3) is 0.850. The van der Waals surface area contributed by atoms with Crippen LogP contribution in [0.4, 0.5) is 13.2 Å². The zero-order valence-corrected chi connectivity index (χ0v) is 24.4. The molecule has 222 valence electrons. The number of hydrogen-bond acceptors (Lipinski definition) is 10. The topological polar surface area (TPSA) is 144 Å². The van der Waals surface area contributed by atoms with Gasteiger partial charge < -0.3 is 24.3 Å². The van der Waals surface area contributed by atoms with Gasteiger partial charge in [-0.15, -0.1) is 0 Å². The third-order valence-corrected chi connectivity index (χ3v) is 6.36. The Labute approximate surface area is 233 Å². The summed E-state index contributed by atoms with van der Waals surface area (Å²) in [5, 5.41) is 2.11. The number of nitrogens with one attached hydrogen (secondary N) is 1. The van der Waals surface area contributed by atoms with E-state index in [1.54, 1.807) is 0 Å². The van der Waals surface area contributed by atoms with E-state index in [2.05, 4.69) is 9.50 Å². The molecule has 11 nitrogen and oxygen atoms in total. The highest BCUT2D eigenvalue weighted by Gasteiger charge is 2.57. The fourth-order valence-corrected chi connectivity index (χ4v) is 3.56. The average molecular weight is 639 g/mol. The van der Waals surface area contributed by atoms with Crippen LogP contribution in [0.2, 0.25) is 0 Å². The minimum Gasteiger partial charge on any atom is -0.462 e. The SMILES string of the molecule is CO[C@@H]1O[C@H](COC(=O)C(C)(C)C)[C@H](OS(=O)(=O)C(F)(F)F)[C@H](OC(=O)C(C)(C)C)[C@H]1NC(=O)C(Cl)(Cl)Cl. The summed E-state index contributed by atoms with van der Waals surface area (Å²) >= 11 is 16.7. The van der Waals surface area contributed by atoms with Gasteiger partial charge in [-0.25, -0.2) is 0 Å². The second-order valence-corrected chi connectivity index (χ2v) is 14.0. The molecule has 1 N–H and O–H groups in total.